The van der Waals surface area contributed by atoms with E-state index in [-0.39, 0.29) is 6.10 Å². The summed E-state index contributed by atoms with van der Waals surface area (Å²) >= 11 is 1.88. The quantitative estimate of drug-likeness (QED) is 0.536. The van der Waals surface area contributed by atoms with Crippen LogP contribution in [0, 0.1) is 0 Å². The van der Waals surface area contributed by atoms with Crippen LogP contribution in [0.1, 0.15) is 23.0 Å². The van der Waals surface area contributed by atoms with E-state index in [0.29, 0.717) is 0 Å². The largest absolute Gasteiger partial charge is 0.368 e. The molecule has 0 amide bonds. The van der Waals surface area contributed by atoms with Gasteiger partial charge in [-0.25, -0.2) is 0 Å². The van der Waals surface area contributed by atoms with E-state index in [9.17, 15) is 0 Å². The van der Waals surface area contributed by atoms with Crippen LogP contribution >= 0.6 is 11.3 Å². The van der Waals surface area contributed by atoms with Crippen LogP contribution in [0.25, 0.3) is 26.8 Å². The standard InChI is InChI=1S/C19H14OS/c1-2-7-13-12(6-1)14-9-5-11-20-18(14)19-17(13)15-8-3-4-10-16(15)21-19/h1-4,6-10,18H,5,11H2. The van der Waals surface area contributed by atoms with E-state index in [4.69, 9.17) is 4.74 Å². The molecule has 1 atom stereocenters. The lowest BCUT2D eigenvalue weighted by Gasteiger charge is -2.31. The zero-order chi connectivity index (χ0) is 13.8. The normalized spacial score (nSPS) is 19.6. The van der Waals surface area contributed by atoms with Crippen molar-refractivity contribution in [3.8, 4) is 11.1 Å². The first kappa shape index (κ1) is 11.7. The first-order chi connectivity index (χ1) is 10.4. The Bertz CT molecular complexity index is 887. The zero-order valence-corrected chi connectivity index (χ0v) is 12.3. The van der Waals surface area contributed by atoms with Gasteiger partial charge in [-0.15, -0.1) is 11.3 Å². The van der Waals surface area contributed by atoms with E-state index in [1.807, 2.05) is 11.3 Å². The van der Waals surface area contributed by atoms with Crippen LogP contribution < -0.4 is 0 Å². The average Bonchev–Trinajstić information content (AvgIpc) is 2.95. The second-order valence-corrected chi connectivity index (χ2v) is 6.67. The van der Waals surface area contributed by atoms with Gasteiger partial charge in [0.1, 0.15) is 6.10 Å². The van der Waals surface area contributed by atoms with E-state index in [2.05, 4.69) is 54.6 Å². The van der Waals surface area contributed by atoms with Gasteiger partial charge in [-0.05, 0) is 29.2 Å². The van der Waals surface area contributed by atoms with Crippen molar-refractivity contribution in [2.75, 3.05) is 6.61 Å². The van der Waals surface area contributed by atoms with Crippen molar-refractivity contribution in [2.45, 2.75) is 12.5 Å². The van der Waals surface area contributed by atoms with Crippen molar-refractivity contribution in [3.63, 3.8) is 0 Å². The highest BCUT2D eigenvalue weighted by Crippen LogP contribution is 2.53. The van der Waals surface area contributed by atoms with Gasteiger partial charge in [-0.2, -0.15) is 0 Å². The summed E-state index contributed by atoms with van der Waals surface area (Å²) in [6, 6.07) is 17.5. The molecule has 0 saturated carbocycles. The zero-order valence-electron chi connectivity index (χ0n) is 11.5. The number of rotatable bonds is 0. The molecule has 1 aliphatic carbocycles. The van der Waals surface area contributed by atoms with Crippen LogP contribution in [0.2, 0.25) is 0 Å². The molecule has 1 aliphatic heterocycles. The second kappa shape index (κ2) is 4.30. The highest BCUT2D eigenvalue weighted by Gasteiger charge is 2.33. The molecule has 0 bridgehead atoms. The minimum Gasteiger partial charge on any atom is -0.368 e. The highest BCUT2D eigenvalue weighted by molar-refractivity contribution is 7.19. The van der Waals surface area contributed by atoms with Crippen LogP contribution in [0.15, 0.2) is 54.6 Å². The van der Waals surface area contributed by atoms with Crippen molar-refractivity contribution in [3.05, 3.63) is 65.0 Å². The summed E-state index contributed by atoms with van der Waals surface area (Å²) in [7, 11) is 0. The molecule has 0 spiro atoms. The van der Waals surface area contributed by atoms with Crippen LogP contribution in [-0.4, -0.2) is 6.61 Å². The van der Waals surface area contributed by atoms with Gasteiger partial charge in [0.05, 0.1) is 6.61 Å². The Morgan fingerprint density at radius 3 is 2.71 bits per heavy atom. The third-order valence-electron chi connectivity index (χ3n) is 4.42. The molecule has 0 radical (unpaired) electrons. The molecule has 0 saturated heterocycles. The Morgan fingerprint density at radius 2 is 1.76 bits per heavy atom. The topological polar surface area (TPSA) is 9.23 Å². The van der Waals surface area contributed by atoms with Crippen molar-refractivity contribution in [1.29, 1.82) is 0 Å². The molecule has 2 heterocycles. The molecule has 0 N–H and O–H groups in total. The van der Waals surface area contributed by atoms with Crippen LogP contribution in [0.3, 0.4) is 0 Å². The molecular formula is C19H14OS. The predicted molar refractivity (Wildman–Crippen MR) is 88.5 cm³/mol. The lowest BCUT2D eigenvalue weighted by molar-refractivity contribution is 0.0899. The first-order valence-corrected chi connectivity index (χ1v) is 8.18. The molecule has 1 unspecified atom stereocenters. The lowest BCUT2D eigenvalue weighted by Crippen LogP contribution is -2.15. The molecule has 3 aromatic rings. The number of benzene rings is 2. The van der Waals surface area contributed by atoms with E-state index in [1.54, 1.807) is 0 Å². The van der Waals surface area contributed by atoms with E-state index < -0.39 is 0 Å². The van der Waals surface area contributed by atoms with Gasteiger partial charge in [0, 0.05) is 20.5 Å². The van der Waals surface area contributed by atoms with E-state index in [0.717, 1.165) is 13.0 Å². The van der Waals surface area contributed by atoms with Crippen LogP contribution in [-0.2, 0) is 4.74 Å². The fourth-order valence-corrected chi connectivity index (χ4v) is 4.83. The SMILES string of the molecule is C1=C2c3ccccc3-c3c(sc4ccccc34)C2OCC1. The van der Waals surface area contributed by atoms with Gasteiger partial charge in [0.15, 0.2) is 0 Å². The summed E-state index contributed by atoms with van der Waals surface area (Å²) in [6.45, 7) is 0.823. The number of hydrogen-bond donors (Lipinski definition) is 0. The second-order valence-electron chi connectivity index (χ2n) is 5.58. The third kappa shape index (κ3) is 1.55. The minimum absolute atomic E-state index is 0.126. The number of hydrogen-bond acceptors (Lipinski definition) is 2. The molecule has 2 heteroatoms. The van der Waals surface area contributed by atoms with E-state index in [1.165, 1.54) is 37.2 Å². The van der Waals surface area contributed by atoms with E-state index >= 15 is 0 Å². The van der Waals surface area contributed by atoms with Gasteiger partial charge in [0.2, 0.25) is 0 Å². The third-order valence-corrected chi connectivity index (χ3v) is 5.63. The van der Waals surface area contributed by atoms with Gasteiger partial charge < -0.3 is 4.74 Å². The molecule has 1 nitrogen and oxygen atoms in total. The Labute approximate surface area is 127 Å². The number of thiophene rings is 1. The molecule has 5 rings (SSSR count). The smallest absolute Gasteiger partial charge is 0.118 e. The number of fused-ring (bicyclic) bond motifs is 8. The highest BCUT2D eigenvalue weighted by atomic mass is 32.1. The van der Waals surface area contributed by atoms with Gasteiger partial charge in [-0.3, -0.25) is 0 Å². The molecule has 2 aromatic carbocycles. The summed E-state index contributed by atoms with van der Waals surface area (Å²) in [6.07, 6.45) is 3.50. The summed E-state index contributed by atoms with van der Waals surface area (Å²) in [5.41, 5.74) is 5.45. The van der Waals surface area contributed by atoms with Crippen molar-refractivity contribution in [2.24, 2.45) is 0 Å². The summed E-state index contributed by atoms with van der Waals surface area (Å²) in [5, 5.41) is 1.36. The fraction of sp³-hybridized carbons (Fsp3) is 0.158. The van der Waals surface area contributed by atoms with Crippen molar-refractivity contribution in [1.82, 2.24) is 0 Å². The Hall–Kier alpha value is -1.90. The Balaban J connectivity index is 1.94. The Morgan fingerprint density at radius 1 is 0.952 bits per heavy atom. The van der Waals surface area contributed by atoms with Gasteiger partial charge in [-0.1, -0.05) is 48.5 Å². The molecule has 0 fully saturated rings. The molecule has 21 heavy (non-hydrogen) atoms. The van der Waals surface area contributed by atoms with Crippen LogP contribution in [0.4, 0.5) is 0 Å². The molecule has 102 valence electrons. The first-order valence-electron chi connectivity index (χ1n) is 7.36. The average molecular weight is 290 g/mol. The van der Waals surface area contributed by atoms with Gasteiger partial charge >= 0.3 is 0 Å². The lowest BCUT2D eigenvalue weighted by atomic mass is 9.82. The van der Waals surface area contributed by atoms with Gasteiger partial charge in [0.25, 0.3) is 0 Å². The van der Waals surface area contributed by atoms with Crippen molar-refractivity contribution < 1.29 is 4.74 Å². The summed E-state index contributed by atoms with van der Waals surface area (Å²) in [5.74, 6) is 0. The summed E-state index contributed by atoms with van der Waals surface area (Å²) < 4.78 is 7.49. The maximum Gasteiger partial charge on any atom is 0.118 e. The molecule has 1 aromatic heterocycles. The molecule has 2 aliphatic rings. The monoisotopic (exact) mass is 290 g/mol. The van der Waals surface area contributed by atoms with Crippen LogP contribution in [0.5, 0.6) is 0 Å². The Kier molecular flexibility index (Phi) is 2.40. The summed E-state index contributed by atoms with van der Waals surface area (Å²) in [4.78, 5) is 1.38. The minimum atomic E-state index is 0.126. The fourth-order valence-electron chi connectivity index (χ4n) is 3.54. The molecular weight excluding hydrogens is 276 g/mol. The maximum atomic E-state index is 6.14. The predicted octanol–water partition coefficient (Wildman–Crippen LogP) is 5.43. The maximum absolute atomic E-state index is 6.14. The van der Waals surface area contributed by atoms with Crippen molar-refractivity contribution >= 4 is 27.0 Å². The number of ether oxygens (including phenoxy) is 1.